The number of likely N-dealkylation sites (tertiary alicyclic amines) is 1. The summed E-state index contributed by atoms with van der Waals surface area (Å²) in [4.78, 5) is 18.9. The minimum absolute atomic E-state index is 0. The largest absolute Gasteiger partial charge is 0.353 e. The molecule has 0 bridgehead atoms. The SMILES string of the molecule is C=CC(/C=C/C(=O)NCCC1[C@H]2CN(C/C(C=NCC)=C/C)C[C@@H]12)=C\C=C/C.CC.[HH]. The molecule has 1 aliphatic heterocycles. The van der Waals surface area contributed by atoms with Crippen molar-refractivity contribution in [2.24, 2.45) is 22.7 Å². The Kier molecular flexibility index (Phi) is 12.7. The standard InChI is InChI=1S/C24H35N3O.C2H6.H2/c1-5-9-10-19(6-2)11-12-24(28)26-14-13-21-22-17-27(18-23(21)22)16-20(7-3)15-25-8-4;1-2;/h5-7,9-12,15,21-23H,2,8,13-14,16-18H2,1,3-4H3,(H,26,28);1-2H3;1H/b9-5-,12-11+,19-10+,20-7+,25-15?;;/t21?,22-,23+;;. The fraction of sp³-hybridized carbons (Fsp3) is 0.538. The Bertz CT molecular complexity index is 679. The summed E-state index contributed by atoms with van der Waals surface area (Å²) in [5, 5.41) is 3.01. The maximum Gasteiger partial charge on any atom is 0.243 e. The van der Waals surface area contributed by atoms with Crippen molar-refractivity contribution in [1.29, 1.82) is 0 Å². The van der Waals surface area contributed by atoms with Gasteiger partial charge in [0.25, 0.3) is 0 Å². The maximum atomic E-state index is 12.0. The van der Waals surface area contributed by atoms with Crippen molar-refractivity contribution in [1.82, 2.24) is 10.2 Å². The van der Waals surface area contributed by atoms with Crippen LogP contribution in [0.15, 0.2) is 65.2 Å². The van der Waals surface area contributed by atoms with Gasteiger partial charge < -0.3 is 5.32 Å². The van der Waals surface area contributed by atoms with Crippen molar-refractivity contribution in [2.75, 3.05) is 32.7 Å². The van der Waals surface area contributed by atoms with Crippen LogP contribution in [0.25, 0.3) is 0 Å². The zero-order valence-electron chi connectivity index (χ0n) is 19.6. The third kappa shape index (κ3) is 8.66. The van der Waals surface area contributed by atoms with Crippen LogP contribution in [-0.4, -0.2) is 49.7 Å². The Hall–Kier alpha value is -2.20. The normalized spacial score (nSPS) is 24.2. The average molecular weight is 414 g/mol. The minimum atomic E-state index is -0.0337. The molecule has 1 saturated carbocycles. The molecular weight excluding hydrogens is 370 g/mol. The number of nitrogens with zero attached hydrogens (tertiary/aromatic N) is 2. The molecule has 1 saturated heterocycles. The Balaban J connectivity index is 0.00000291. The molecule has 2 fully saturated rings. The van der Waals surface area contributed by atoms with Crippen LogP contribution in [0.4, 0.5) is 0 Å². The van der Waals surface area contributed by atoms with Crippen molar-refractivity contribution in [3.63, 3.8) is 0 Å². The van der Waals surface area contributed by atoms with Gasteiger partial charge in [-0.3, -0.25) is 14.7 Å². The molecule has 1 amide bonds. The van der Waals surface area contributed by atoms with E-state index in [-0.39, 0.29) is 7.33 Å². The number of carbonyl (C=O) groups is 1. The quantitative estimate of drug-likeness (QED) is 0.286. The Morgan fingerprint density at radius 1 is 1.23 bits per heavy atom. The zero-order chi connectivity index (χ0) is 22.4. The van der Waals surface area contributed by atoms with E-state index in [0.29, 0.717) is 0 Å². The first-order valence-corrected chi connectivity index (χ1v) is 11.4. The van der Waals surface area contributed by atoms with Crippen LogP contribution in [0.5, 0.6) is 0 Å². The molecular formula is C26H43N3O. The van der Waals surface area contributed by atoms with E-state index < -0.39 is 0 Å². The third-order valence-electron chi connectivity index (χ3n) is 5.58. The molecule has 1 aliphatic carbocycles. The highest BCUT2D eigenvalue weighted by atomic mass is 16.1. The Labute approximate surface area is 185 Å². The van der Waals surface area contributed by atoms with Crippen molar-refractivity contribution < 1.29 is 6.22 Å². The predicted octanol–water partition coefficient (Wildman–Crippen LogP) is 5.22. The zero-order valence-corrected chi connectivity index (χ0v) is 19.6. The topological polar surface area (TPSA) is 44.7 Å². The molecule has 30 heavy (non-hydrogen) atoms. The lowest BCUT2D eigenvalue weighted by Gasteiger charge is -2.19. The average Bonchev–Trinajstić information content (AvgIpc) is 3.22. The molecule has 0 aromatic rings. The first kappa shape index (κ1) is 25.8. The lowest BCUT2D eigenvalue weighted by Crippen LogP contribution is -2.28. The number of hydrogen-bond donors (Lipinski definition) is 1. The van der Waals surface area contributed by atoms with Crippen molar-refractivity contribution >= 4 is 12.1 Å². The monoisotopic (exact) mass is 413 g/mol. The smallest absolute Gasteiger partial charge is 0.243 e. The first-order valence-electron chi connectivity index (χ1n) is 11.4. The van der Waals surface area contributed by atoms with Gasteiger partial charge in [-0.2, -0.15) is 0 Å². The van der Waals surface area contributed by atoms with E-state index in [0.717, 1.165) is 49.4 Å². The van der Waals surface area contributed by atoms with E-state index >= 15 is 0 Å². The number of piperidine rings is 1. The Morgan fingerprint density at radius 2 is 1.93 bits per heavy atom. The molecule has 2 aliphatic rings. The second-order valence-corrected chi connectivity index (χ2v) is 7.49. The molecule has 168 valence electrons. The van der Waals surface area contributed by atoms with Gasteiger partial charge in [0, 0.05) is 46.4 Å². The van der Waals surface area contributed by atoms with Gasteiger partial charge in [-0.15, -0.1) is 0 Å². The highest BCUT2D eigenvalue weighted by Crippen LogP contribution is 2.53. The van der Waals surface area contributed by atoms with Crippen LogP contribution in [0, 0.1) is 17.8 Å². The number of aliphatic imine (C=N–C) groups is 1. The molecule has 1 N–H and O–H groups in total. The number of fused-ring (bicyclic) bond motifs is 1. The second-order valence-electron chi connectivity index (χ2n) is 7.49. The van der Waals surface area contributed by atoms with E-state index in [2.05, 4.69) is 41.7 Å². The molecule has 0 radical (unpaired) electrons. The van der Waals surface area contributed by atoms with Crippen molar-refractivity contribution in [3.8, 4) is 0 Å². The van der Waals surface area contributed by atoms with Crippen LogP contribution in [0.2, 0.25) is 0 Å². The number of rotatable bonds is 11. The van der Waals surface area contributed by atoms with Crippen LogP contribution in [0.3, 0.4) is 0 Å². The van der Waals surface area contributed by atoms with Crippen LogP contribution >= 0.6 is 0 Å². The highest BCUT2D eigenvalue weighted by Gasteiger charge is 2.54. The van der Waals surface area contributed by atoms with Crippen LogP contribution < -0.4 is 5.32 Å². The molecule has 3 atom stereocenters. The molecule has 0 aromatic carbocycles. The van der Waals surface area contributed by atoms with Gasteiger partial charge in [0.15, 0.2) is 0 Å². The molecule has 1 heterocycles. The van der Waals surface area contributed by atoms with Gasteiger partial charge in [-0.05, 0) is 62.2 Å². The van der Waals surface area contributed by atoms with Crippen molar-refractivity contribution in [2.45, 2.75) is 41.0 Å². The van der Waals surface area contributed by atoms with E-state index in [4.69, 9.17) is 0 Å². The number of nitrogens with one attached hydrogen (secondary N) is 1. The summed E-state index contributed by atoms with van der Waals surface area (Å²) < 4.78 is 0. The summed E-state index contributed by atoms with van der Waals surface area (Å²) in [6.45, 7) is 18.8. The second kappa shape index (κ2) is 14.7. The fourth-order valence-electron chi connectivity index (χ4n) is 3.96. The molecule has 4 nitrogen and oxygen atoms in total. The summed E-state index contributed by atoms with van der Waals surface area (Å²) in [6.07, 6.45) is 16.2. The predicted molar refractivity (Wildman–Crippen MR) is 133 cm³/mol. The molecule has 0 aromatic heterocycles. The van der Waals surface area contributed by atoms with E-state index in [1.807, 2.05) is 45.2 Å². The third-order valence-corrected chi connectivity index (χ3v) is 5.58. The maximum absolute atomic E-state index is 12.0. The van der Waals surface area contributed by atoms with E-state index in [9.17, 15) is 4.79 Å². The van der Waals surface area contributed by atoms with E-state index in [1.54, 1.807) is 18.2 Å². The van der Waals surface area contributed by atoms with Gasteiger partial charge in [0.2, 0.25) is 5.91 Å². The summed E-state index contributed by atoms with van der Waals surface area (Å²) >= 11 is 0. The highest BCUT2D eigenvalue weighted by molar-refractivity contribution is 5.88. The van der Waals surface area contributed by atoms with Gasteiger partial charge in [0.1, 0.15) is 0 Å². The van der Waals surface area contributed by atoms with Gasteiger partial charge >= 0.3 is 0 Å². The number of allylic oxidation sites excluding steroid dienone is 7. The van der Waals surface area contributed by atoms with Gasteiger partial charge in [-0.25, -0.2) is 0 Å². The van der Waals surface area contributed by atoms with E-state index in [1.165, 1.54) is 18.7 Å². The lowest BCUT2D eigenvalue weighted by molar-refractivity contribution is -0.116. The van der Waals surface area contributed by atoms with Crippen molar-refractivity contribution in [3.05, 3.63) is 60.3 Å². The van der Waals surface area contributed by atoms with Crippen LogP contribution in [-0.2, 0) is 4.79 Å². The first-order chi connectivity index (χ1) is 14.6. The minimum Gasteiger partial charge on any atom is -0.353 e. The summed E-state index contributed by atoms with van der Waals surface area (Å²) in [5.41, 5.74) is 2.23. The number of hydrogen-bond acceptors (Lipinski definition) is 3. The summed E-state index contributed by atoms with van der Waals surface area (Å²) in [7, 11) is 0. The molecule has 1 unspecified atom stereocenters. The molecule has 4 heteroatoms. The van der Waals surface area contributed by atoms with Gasteiger partial charge in [-0.1, -0.05) is 50.8 Å². The molecule has 2 rings (SSSR count). The fourth-order valence-corrected chi connectivity index (χ4v) is 3.96. The summed E-state index contributed by atoms with van der Waals surface area (Å²) in [5.74, 6) is 2.36. The van der Waals surface area contributed by atoms with Gasteiger partial charge in [0.05, 0.1) is 0 Å². The Morgan fingerprint density at radius 3 is 2.50 bits per heavy atom. The number of amides is 1. The summed E-state index contributed by atoms with van der Waals surface area (Å²) in [6, 6.07) is 0. The van der Waals surface area contributed by atoms with Crippen LogP contribution in [0.1, 0.15) is 42.5 Å². The lowest BCUT2D eigenvalue weighted by atomic mass is 10.1. The molecule has 0 spiro atoms. The number of carbonyl (C=O) groups excluding carboxylic acids is 1.